The molecule has 1 aliphatic rings. The molecule has 1 aliphatic heterocycles. The maximum absolute atomic E-state index is 13.7. The first-order valence-corrected chi connectivity index (χ1v) is 9.42. The summed E-state index contributed by atoms with van der Waals surface area (Å²) in [5.41, 5.74) is 1.28. The molecule has 0 bridgehead atoms. The largest absolute Gasteiger partial charge is 0.341 e. The Morgan fingerprint density at radius 2 is 1.70 bits per heavy atom. The van der Waals surface area contributed by atoms with E-state index in [4.69, 9.17) is 0 Å². The summed E-state index contributed by atoms with van der Waals surface area (Å²) in [5, 5.41) is 2.61. The molecule has 0 radical (unpaired) electrons. The fraction of sp³-hybridized carbons (Fsp3) is 0.364. The summed E-state index contributed by atoms with van der Waals surface area (Å²) in [5.74, 6) is -0.693. The van der Waals surface area contributed by atoms with Crippen molar-refractivity contribution in [3.63, 3.8) is 0 Å². The van der Waals surface area contributed by atoms with Crippen molar-refractivity contribution in [1.29, 1.82) is 0 Å². The highest BCUT2D eigenvalue weighted by Gasteiger charge is 2.27. The standard InChI is InChI=1S/C22H25FN2O2/c1-16(24-21(26)19-9-5-6-10-20(19)23)22(27)25-13-11-18(12-14-25)15-17-7-3-2-4-8-17/h2-10,16,18H,11-15H2,1H3,(H,24,26)/t16-/m0/s1. The van der Waals surface area contributed by atoms with Gasteiger partial charge in [0.2, 0.25) is 5.91 Å². The molecule has 0 spiro atoms. The number of carbonyl (C=O) groups excluding carboxylic acids is 2. The predicted octanol–water partition coefficient (Wildman–Crippen LogP) is 3.43. The van der Waals surface area contributed by atoms with Gasteiger partial charge in [0.25, 0.3) is 5.91 Å². The molecule has 1 atom stereocenters. The maximum atomic E-state index is 13.7. The molecule has 0 aliphatic carbocycles. The zero-order valence-electron chi connectivity index (χ0n) is 15.5. The average molecular weight is 368 g/mol. The van der Waals surface area contributed by atoms with Crippen LogP contribution in [0, 0.1) is 11.7 Å². The summed E-state index contributed by atoms with van der Waals surface area (Å²) < 4.78 is 13.7. The highest BCUT2D eigenvalue weighted by Crippen LogP contribution is 2.22. The third kappa shape index (κ3) is 4.94. The maximum Gasteiger partial charge on any atom is 0.254 e. The predicted molar refractivity (Wildman–Crippen MR) is 103 cm³/mol. The van der Waals surface area contributed by atoms with E-state index in [2.05, 4.69) is 17.4 Å². The Hall–Kier alpha value is -2.69. The smallest absolute Gasteiger partial charge is 0.254 e. The molecule has 27 heavy (non-hydrogen) atoms. The van der Waals surface area contributed by atoms with Gasteiger partial charge in [0, 0.05) is 13.1 Å². The number of hydrogen-bond acceptors (Lipinski definition) is 2. The molecule has 1 fully saturated rings. The quantitative estimate of drug-likeness (QED) is 0.879. The van der Waals surface area contributed by atoms with Crippen LogP contribution in [0.15, 0.2) is 54.6 Å². The van der Waals surface area contributed by atoms with E-state index in [-0.39, 0.29) is 11.5 Å². The molecule has 1 saturated heterocycles. The van der Waals surface area contributed by atoms with Crippen molar-refractivity contribution in [3.8, 4) is 0 Å². The molecule has 2 aromatic rings. The summed E-state index contributed by atoms with van der Waals surface area (Å²) >= 11 is 0. The minimum absolute atomic E-state index is 0.0429. The first kappa shape index (κ1) is 19.1. The van der Waals surface area contributed by atoms with Crippen LogP contribution >= 0.6 is 0 Å². The van der Waals surface area contributed by atoms with Gasteiger partial charge in [0.05, 0.1) is 5.56 Å². The Morgan fingerprint density at radius 3 is 2.37 bits per heavy atom. The fourth-order valence-corrected chi connectivity index (χ4v) is 3.56. The van der Waals surface area contributed by atoms with Crippen molar-refractivity contribution in [2.24, 2.45) is 5.92 Å². The zero-order valence-corrected chi connectivity index (χ0v) is 15.5. The summed E-state index contributed by atoms with van der Waals surface area (Å²) in [6.45, 7) is 3.03. The van der Waals surface area contributed by atoms with Crippen LogP contribution in [0.1, 0.15) is 35.7 Å². The van der Waals surface area contributed by atoms with Gasteiger partial charge in [-0.05, 0) is 49.8 Å². The number of rotatable bonds is 5. The Labute approximate surface area is 159 Å². The van der Waals surface area contributed by atoms with Crippen molar-refractivity contribution in [2.75, 3.05) is 13.1 Å². The fourth-order valence-electron chi connectivity index (χ4n) is 3.56. The number of carbonyl (C=O) groups is 2. The zero-order chi connectivity index (χ0) is 19.2. The Bertz CT molecular complexity index is 786. The highest BCUT2D eigenvalue weighted by molar-refractivity contribution is 5.97. The number of piperidine rings is 1. The summed E-state index contributed by atoms with van der Waals surface area (Å²) in [6, 6.07) is 15.5. The molecular weight excluding hydrogens is 343 g/mol. The molecule has 5 heteroatoms. The van der Waals surface area contributed by atoms with Gasteiger partial charge >= 0.3 is 0 Å². The van der Waals surface area contributed by atoms with E-state index in [1.807, 2.05) is 18.2 Å². The van der Waals surface area contributed by atoms with Gasteiger partial charge in [0.15, 0.2) is 0 Å². The normalized spacial score (nSPS) is 16.0. The van der Waals surface area contributed by atoms with Crippen LogP contribution in [-0.4, -0.2) is 35.8 Å². The van der Waals surface area contributed by atoms with Gasteiger partial charge in [-0.15, -0.1) is 0 Å². The van der Waals surface area contributed by atoms with E-state index in [1.165, 1.54) is 23.8 Å². The van der Waals surface area contributed by atoms with E-state index in [9.17, 15) is 14.0 Å². The summed E-state index contributed by atoms with van der Waals surface area (Å²) in [7, 11) is 0. The van der Waals surface area contributed by atoms with Crippen LogP contribution < -0.4 is 5.32 Å². The SMILES string of the molecule is C[C@H](NC(=O)c1ccccc1F)C(=O)N1CCC(Cc2ccccc2)CC1. The number of likely N-dealkylation sites (tertiary alicyclic amines) is 1. The third-order valence-corrected chi connectivity index (χ3v) is 5.13. The number of amides is 2. The summed E-state index contributed by atoms with van der Waals surface area (Å²) in [6.07, 6.45) is 2.94. The third-order valence-electron chi connectivity index (χ3n) is 5.13. The van der Waals surface area contributed by atoms with Gasteiger partial charge in [0.1, 0.15) is 11.9 Å². The molecule has 2 amide bonds. The van der Waals surface area contributed by atoms with E-state index in [0.29, 0.717) is 19.0 Å². The van der Waals surface area contributed by atoms with Crippen LogP contribution in [0.5, 0.6) is 0 Å². The van der Waals surface area contributed by atoms with Gasteiger partial charge < -0.3 is 10.2 Å². The van der Waals surface area contributed by atoms with Crippen molar-refractivity contribution in [2.45, 2.75) is 32.2 Å². The topological polar surface area (TPSA) is 49.4 Å². The van der Waals surface area contributed by atoms with Crippen molar-refractivity contribution in [1.82, 2.24) is 10.2 Å². The lowest BCUT2D eigenvalue weighted by Gasteiger charge is -2.33. The number of benzene rings is 2. The Balaban J connectivity index is 1.50. The van der Waals surface area contributed by atoms with Crippen molar-refractivity contribution >= 4 is 11.8 Å². The van der Waals surface area contributed by atoms with E-state index in [0.717, 1.165) is 19.3 Å². The van der Waals surface area contributed by atoms with E-state index < -0.39 is 17.8 Å². The molecular formula is C22H25FN2O2. The molecule has 142 valence electrons. The number of halogens is 1. The lowest BCUT2D eigenvalue weighted by molar-refractivity contribution is -0.134. The van der Waals surface area contributed by atoms with Crippen LogP contribution in [0.3, 0.4) is 0 Å². The minimum atomic E-state index is -0.678. The molecule has 1 heterocycles. The molecule has 3 rings (SSSR count). The lowest BCUT2D eigenvalue weighted by Crippen LogP contribution is -2.49. The average Bonchev–Trinajstić information content (AvgIpc) is 2.69. The first-order chi connectivity index (χ1) is 13.0. The van der Waals surface area contributed by atoms with Crippen molar-refractivity contribution in [3.05, 3.63) is 71.5 Å². The number of nitrogens with one attached hydrogen (secondary N) is 1. The first-order valence-electron chi connectivity index (χ1n) is 9.42. The number of hydrogen-bond donors (Lipinski definition) is 1. The molecule has 0 aromatic heterocycles. The number of nitrogens with zero attached hydrogens (tertiary/aromatic N) is 1. The molecule has 4 nitrogen and oxygen atoms in total. The highest BCUT2D eigenvalue weighted by atomic mass is 19.1. The van der Waals surface area contributed by atoms with Gasteiger partial charge in [-0.2, -0.15) is 0 Å². The lowest BCUT2D eigenvalue weighted by atomic mass is 9.90. The van der Waals surface area contributed by atoms with Crippen LogP contribution in [0.2, 0.25) is 0 Å². The molecule has 0 unspecified atom stereocenters. The van der Waals surface area contributed by atoms with Crippen LogP contribution in [0.4, 0.5) is 4.39 Å². The molecule has 1 N–H and O–H groups in total. The van der Waals surface area contributed by atoms with E-state index >= 15 is 0 Å². The Morgan fingerprint density at radius 1 is 1.07 bits per heavy atom. The second-order valence-corrected chi connectivity index (χ2v) is 7.13. The minimum Gasteiger partial charge on any atom is -0.341 e. The van der Waals surface area contributed by atoms with E-state index in [1.54, 1.807) is 17.9 Å². The molecule has 0 saturated carbocycles. The molecule has 2 aromatic carbocycles. The van der Waals surface area contributed by atoms with Crippen LogP contribution in [-0.2, 0) is 11.2 Å². The van der Waals surface area contributed by atoms with Gasteiger partial charge in [-0.3, -0.25) is 9.59 Å². The monoisotopic (exact) mass is 368 g/mol. The second-order valence-electron chi connectivity index (χ2n) is 7.13. The second kappa shape index (κ2) is 8.80. The van der Waals surface area contributed by atoms with Gasteiger partial charge in [-0.1, -0.05) is 42.5 Å². The Kier molecular flexibility index (Phi) is 6.22. The summed E-state index contributed by atoms with van der Waals surface area (Å²) in [4.78, 5) is 26.6. The van der Waals surface area contributed by atoms with Crippen LogP contribution in [0.25, 0.3) is 0 Å². The van der Waals surface area contributed by atoms with Gasteiger partial charge in [-0.25, -0.2) is 4.39 Å². The van der Waals surface area contributed by atoms with Crippen molar-refractivity contribution < 1.29 is 14.0 Å².